The number of hydrogen-bond donors (Lipinski definition) is 2. The molecule has 0 aromatic heterocycles. The summed E-state index contributed by atoms with van der Waals surface area (Å²) in [7, 11) is 0. The van der Waals surface area contributed by atoms with E-state index in [1.807, 2.05) is 0 Å². The Bertz CT molecular complexity index is 270. The van der Waals surface area contributed by atoms with Gasteiger partial charge >= 0.3 is 0 Å². The standard InChI is InChI=1S/C15H27NO/c1-15(17,14-3-2-6-16-10-14)9-13-8-11-4-5-12(13)7-11/h11-14,16-17H,2-10H2,1H3. The van der Waals surface area contributed by atoms with Crippen LogP contribution in [0.4, 0.5) is 0 Å². The highest BCUT2D eigenvalue weighted by Crippen LogP contribution is 2.51. The van der Waals surface area contributed by atoms with Crippen LogP contribution in [0.1, 0.15) is 51.9 Å². The molecule has 17 heavy (non-hydrogen) atoms. The fourth-order valence-electron chi connectivity index (χ4n) is 4.71. The molecule has 2 aliphatic carbocycles. The Kier molecular flexibility index (Phi) is 3.20. The van der Waals surface area contributed by atoms with E-state index in [0.29, 0.717) is 5.92 Å². The zero-order chi connectivity index (χ0) is 11.9. The van der Waals surface area contributed by atoms with Crippen LogP contribution in [-0.4, -0.2) is 23.8 Å². The van der Waals surface area contributed by atoms with Crippen molar-refractivity contribution in [3.8, 4) is 0 Å². The molecule has 0 spiro atoms. The van der Waals surface area contributed by atoms with Gasteiger partial charge < -0.3 is 10.4 Å². The summed E-state index contributed by atoms with van der Waals surface area (Å²) in [5, 5.41) is 14.2. The number of nitrogens with one attached hydrogen (secondary N) is 1. The van der Waals surface area contributed by atoms with Crippen LogP contribution in [-0.2, 0) is 0 Å². The average molecular weight is 237 g/mol. The fraction of sp³-hybridized carbons (Fsp3) is 1.00. The van der Waals surface area contributed by atoms with Gasteiger partial charge in [0.05, 0.1) is 5.60 Å². The molecule has 5 unspecified atom stereocenters. The molecular weight excluding hydrogens is 210 g/mol. The Labute approximate surface area is 105 Å². The summed E-state index contributed by atoms with van der Waals surface area (Å²) in [6.07, 6.45) is 9.27. The predicted octanol–water partition coefficient (Wildman–Crippen LogP) is 2.56. The number of fused-ring (bicyclic) bond motifs is 2. The van der Waals surface area contributed by atoms with Gasteiger partial charge in [0.15, 0.2) is 0 Å². The van der Waals surface area contributed by atoms with Crippen molar-refractivity contribution in [2.45, 2.75) is 57.5 Å². The number of aliphatic hydroxyl groups is 1. The molecule has 2 nitrogen and oxygen atoms in total. The van der Waals surface area contributed by atoms with E-state index in [1.54, 1.807) is 0 Å². The van der Waals surface area contributed by atoms with Crippen molar-refractivity contribution in [1.29, 1.82) is 0 Å². The Balaban J connectivity index is 1.59. The van der Waals surface area contributed by atoms with Gasteiger partial charge in [0.2, 0.25) is 0 Å². The molecule has 2 saturated carbocycles. The summed E-state index contributed by atoms with van der Waals surface area (Å²) < 4.78 is 0. The molecule has 3 rings (SSSR count). The average Bonchev–Trinajstić information content (AvgIpc) is 2.91. The third-order valence-electron chi connectivity index (χ3n) is 5.74. The van der Waals surface area contributed by atoms with Crippen molar-refractivity contribution in [2.75, 3.05) is 13.1 Å². The van der Waals surface area contributed by atoms with Gasteiger partial charge in [-0.3, -0.25) is 0 Å². The summed E-state index contributed by atoms with van der Waals surface area (Å²) in [4.78, 5) is 0. The van der Waals surface area contributed by atoms with Crippen LogP contribution in [0.3, 0.4) is 0 Å². The van der Waals surface area contributed by atoms with Gasteiger partial charge in [0.25, 0.3) is 0 Å². The molecule has 2 bridgehead atoms. The summed E-state index contributed by atoms with van der Waals surface area (Å²) in [5.74, 6) is 3.26. The highest BCUT2D eigenvalue weighted by atomic mass is 16.3. The number of piperidine rings is 1. The van der Waals surface area contributed by atoms with Crippen LogP contribution in [0.2, 0.25) is 0 Å². The number of rotatable bonds is 3. The van der Waals surface area contributed by atoms with Gasteiger partial charge in [-0.1, -0.05) is 6.42 Å². The first-order valence-corrected chi connectivity index (χ1v) is 7.58. The highest BCUT2D eigenvalue weighted by Gasteiger charge is 2.44. The van der Waals surface area contributed by atoms with Gasteiger partial charge in [-0.05, 0) is 75.7 Å². The lowest BCUT2D eigenvalue weighted by molar-refractivity contribution is -0.0366. The molecular formula is C15H27NO. The Morgan fingerprint density at radius 2 is 2.12 bits per heavy atom. The minimum absolute atomic E-state index is 0.428. The second-order valence-corrected chi connectivity index (χ2v) is 7.04. The number of hydrogen-bond acceptors (Lipinski definition) is 2. The normalized spacial score (nSPS) is 44.8. The minimum atomic E-state index is -0.428. The predicted molar refractivity (Wildman–Crippen MR) is 69.8 cm³/mol. The van der Waals surface area contributed by atoms with E-state index in [4.69, 9.17) is 0 Å². The Morgan fingerprint density at radius 3 is 2.71 bits per heavy atom. The largest absolute Gasteiger partial charge is 0.390 e. The first kappa shape index (κ1) is 12.0. The smallest absolute Gasteiger partial charge is 0.0662 e. The van der Waals surface area contributed by atoms with Gasteiger partial charge in [-0.25, -0.2) is 0 Å². The van der Waals surface area contributed by atoms with Crippen LogP contribution in [0, 0.1) is 23.7 Å². The van der Waals surface area contributed by atoms with Crippen LogP contribution in [0.5, 0.6) is 0 Å². The van der Waals surface area contributed by atoms with Gasteiger partial charge in [-0.2, -0.15) is 0 Å². The molecule has 0 radical (unpaired) electrons. The summed E-state index contributed by atoms with van der Waals surface area (Å²) in [6.45, 7) is 4.26. The van der Waals surface area contributed by atoms with Crippen molar-refractivity contribution < 1.29 is 5.11 Å². The maximum absolute atomic E-state index is 10.8. The topological polar surface area (TPSA) is 32.3 Å². The molecule has 0 aromatic rings. The van der Waals surface area contributed by atoms with E-state index in [2.05, 4.69) is 12.2 Å². The lowest BCUT2D eigenvalue weighted by atomic mass is 9.74. The fourth-order valence-corrected chi connectivity index (χ4v) is 4.71. The maximum atomic E-state index is 10.8. The molecule has 3 aliphatic rings. The molecule has 5 atom stereocenters. The van der Waals surface area contributed by atoms with Gasteiger partial charge in [-0.15, -0.1) is 0 Å². The molecule has 1 heterocycles. The van der Waals surface area contributed by atoms with Crippen LogP contribution in [0.25, 0.3) is 0 Å². The van der Waals surface area contributed by atoms with E-state index in [1.165, 1.54) is 38.5 Å². The first-order valence-electron chi connectivity index (χ1n) is 7.58. The summed E-state index contributed by atoms with van der Waals surface area (Å²) >= 11 is 0. The molecule has 0 aromatic carbocycles. The zero-order valence-corrected chi connectivity index (χ0v) is 11.1. The molecule has 2 heteroatoms. The Morgan fingerprint density at radius 1 is 1.24 bits per heavy atom. The highest BCUT2D eigenvalue weighted by molar-refractivity contribution is 4.95. The molecule has 1 aliphatic heterocycles. The summed E-state index contributed by atoms with van der Waals surface area (Å²) in [6, 6.07) is 0. The van der Waals surface area contributed by atoms with E-state index in [9.17, 15) is 5.11 Å². The Hall–Kier alpha value is -0.0800. The van der Waals surface area contributed by atoms with E-state index < -0.39 is 5.60 Å². The molecule has 1 saturated heterocycles. The zero-order valence-electron chi connectivity index (χ0n) is 11.1. The SMILES string of the molecule is CC(O)(CC1CC2CCC1C2)C1CCCNC1. The van der Waals surface area contributed by atoms with Crippen molar-refractivity contribution in [3.05, 3.63) is 0 Å². The molecule has 0 amide bonds. The third kappa shape index (κ3) is 2.39. The quantitative estimate of drug-likeness (QED) is 0.790. The van der Waals surface area contributed by atoms with E-state index >= 15 is 0 Å². The van der Waals surface area contributed by atoms with E-state index in [-0.39, 0.29) is 0 Å². The van der Waals surface area contributed by atoms with Crippen LogP contribution < -0.4 is 5.32 Å². The monoisotopic (exact) mass is 237 g/mol. The lowest BCUT2D eigenvalue weighted by Gasteiger charge is -2.39. The first-order chi connectivity index (χ1) is 8.15. The second-order valence-electron chi connectivity index (χ2n) is 7.04. The molecule has 3 fully saturated rings. The lowest BCUT2D eigenvalue weighted by Crippen LogP contribution is -2.45. The van der Waals surface area contributed by atoms with E-state index in [0.717, 1.165) is 37.3 Å². The molecule has 98 valence electrons. The van der Waals surface area contributed by atoms with Crippen LogP contribution >= 0.6 is 0 Å². The van der Waals surface area contributed by atoms with Crippen molar-refractivity contribution in [2.24, 2.45) is 23.7 Å². The van der Waals surface area contributed by atoms with Crippen molar-refractivity contribution >= 4 is 0 Å². The van der Waals surface area contributed by atoms with Crippen LogP contribution in [0.15, 0.2) is 0 Å². The van der Waals surface area contributed by atoms with Crippen molar-refractivity contribution in [1.82, 2.24) is 5.32 Å². The minimum Gasteiger partial charge on any atom is -0.390 e. The second kappa shape index (κ2) is 4.55. The molecule has 2 N–H and O–H groups in total. The maximum Gasteiger partial charge on any atom is 0.0662 e. The van der Waals surface area contributed by atoms with Gasteiger partial charge in [0, 0.05) is 6.54 Å². The summed E-state index contributed by atoms with van der Waals surface area (Å²) in [5.41, 5.74) is -0.428. The van der Waals surface area contributed by atoms with Gasteiger partial charge in [0.1, 0.15) is 0 Å². The third-order valence-corrected chi connectivity index (χ3v) is 5.74. The van der Waals surface area contributed by atoms with Crippen molar-refractivity contribution in [3.63, 3.8) is 0 Å².